The minimum atomic E-state index is 0.0139. The summed E-state index contributed by atoms with van der Waals surface area (Å²) in [6, 6.07) is 11.8. The zero-order chi connectivity index (χ0) is 13.7. The molecule has 0 aliphatic heterocycles. The average molecular weight is 368 g/mol. The van der Waals surface area contributed by atoms with Gasteiger partial charge in [-0.05, 0) is 52.9 Å². The van der Waals surface area contributed by atoms with Gasteiger partial charge < -0.3 is 16.3 Å². The summed E-state index contributed by atoms with van der Waals surface area (Å²) in [6.45, 7) is 0.556. The molecule has 0 saturated heterocycles. The zero-order valence-electron chi connectivity index (χ0n) is 10.0. The van der Waals surface area contributed by atoms with E-state index in [0.717, 1.165) is 11.3 Å². The standard InChI is InChI=1S/C13H13IN4O/c14-10-3-5-11(6-4-10)17-8-9-2-1-7-16-12(9)13(15)18-19/h1-7,17,19H,8H2,(H2,15,18). The molecule has 5 nitrogen and oxygen atoms in total. The number of nitrogens with two attached hydrogens (primary N) is 1. The van der Waals surface area contributed by atoms with Crippen molar-refractivity contribution < 1.29 is 5.21 Å². The number of hydrogen-bond acceptors (Lipinski definition) is 4. The van der Waals surface area contributed by atoms with Gasteiger partial charge in [-0.1, -0.05) is 11.2 Å². The number of nitrogens with zero attached hydrogens (tertiary/aromatic N) is 2. The summed E-state index contributed by atoms with van der Waals surface area (Å²) >= 11 is 2.26. The molecule has 0 aliphatic carbocycles. The van der Waals surface area contributed by atoms with Crippen molar-refractivity contribution >= 4 is 34.1 Å². The molecule has 4 N–H and O–H groups in total. The normalized spacial score (nSPS) is 11.3. The molecule has 0 amide bonds. The summed E-state index contributed by atoms with van der Waals surface area (Å²) in [7, 11) is 0. The van der Waals surface area contributed by atoms with Crippen LogP contribution in [-0.2, 0) is 6.54 Å². The van der Waals surface area contributed by atoms with Crippen LogP contribution in [0.15, 0.2) is 47.8 Å². The van der Waals surface area contributed by atoms with Gasteiger partial charge >= 0.3 is 0 Å². The van der Waals surface area contributed by atoms with Crippen molar-refractivity contribution in [2.24, 2.45) is 10.9 Å². The number of anilines is 1. The molecule has 0 saturated carbocycles. The highest BCUT2D eigenvalue weighted by atomic mass is 127. The highest BCUT2D eigenvalue weighted by Gasteiger charge is 2.07. The molecule has 1 aromatic heterocycles. The topological polar surface area (TPSA) is 83.5 Å². The number of nitrogens with one attached hydrogen (secondary N) is 1. The number of amidine groups is 1. The van der Waals surface area contributed by atoms with E-state index < -0.39 is 0 Å². The van der Waals surface area contributed by atoms with Crippen molar-refractivity contribution in [3.63, 3.8) is 0 Å². The predicted molar refractivity (Wildman–Crippen MR) is 83.2 cm³/mol. The molecule has 2 rings (SSSR count). The Kier molecular flexibility index (Phi) is 4.56. The van der Waals surface area contributed by atoms with Crippen LogP contribution in [0.5, 0.6) is 0 Å². The summed E-state index contributed by atoms with van der Waals surface area (Å²) in [6.07, 6.45) is 1.61. The summed E-state index contributed by atoms with van der Waals surface area (Å²) in [5, 5.41) is 15.0. The second-order valence-electron chi connectivity index (χ2n) is 3.86. The number of halogens is 1. The number of rotatable bonds is 4. The average Bonchev–Trinajstić information content (AvgIpc) is 2.46. The molecule has 2 aromatic rings. The van der Waals surface area contributed by atoms with Crippen LogP contribution in [0.2, 0.25) is 0 Å². The molecule has 0 spiro atoms. The molecule has 6 heteroatoms. The second kappa shape index (κ2) is 6.37. The zero-order valence-corrected chi connectivity index (χ0v) is 12.2. The van der Waals surface area contributed by atoms with Crippen LogP contribution in [0.4, 0.5) is 5.69 Å². The Bertz CT molecular complexity index is 583. The first-order valence-electron chi connectivity index (χ1n) is 5.62. The van der Waals surface area contributed by atoms with E-state index in [1.54, 1.807) is 6.20 Å². The van der Waals surface area contributed by atoms with Crippen molar-refractivity contribution in [2.45, 2.75) is 6.54 Å². The third kappa shape index (κ3) is 3.57. The Morgan fingerprint density at radius 1 is 1.32 bits per heavy atom. The highest BCUT2D eigenvalue weighted by molar-refractivity contribution is 14.1. The molecule has 1 aromatic carbocycles. The lowest BCUT2D eigenvalue weighted by atomic mass is 10.1. The Morgan fingerprint density at radius 2 is 2.05 bits per heavy atom. The fourth-order valence-corrected chi connectivity index (χ4v) is 1.98. The Labute approximate surface area is 124 Å². The lowest BCUT2D eigenvalue weighted by Crippen LogP contribution is -2.18. The Morgan fingerprint density at radius 3 is 2.74 bits per heavy atom. The molecular weight excluding hydrogens is 355 g/mol. The maximum absolute atomic E-state index is 8.73. The molecule has 19 heavy (non-hydrogen) atoms. The van der Waals surface area contributed by atoms with E-state index in [2.05, 4.69) is 38.0 Å². The predicted octanol–water partition coefficient (Wildman–Crippen LogP) is 2.39. The Hall–Kier alpha value is -1.83. The maximum Gasteiger partial charge on any atom is 0.189 e. The third-order valence-corrected chi connectivity index (χ3v) is 3.29. The highest BCUT2D eigenvalue weighted by Crippen LogP contribution is 2.13. The number of aromatic nitrogens is 1. The van der Waals surface area contributed by atoms with Crippen molar-refractivity contribution in [1.82, 2.24) is 4.98 Å². The molecule has 0 unspecified atom stereocenters. The molecule has 0 atom stereocenters. The number of oxime groups is 1. The number of hydrogen-bond donors (Lipinski definition) is 3. The molecule has 0 radical (unpaired) electrons. The first-order valence-corrected chi connectivity index (χ1v) is 6.70. The van der Waals surface area contributed by atoms with E-state index in [-0.39, 0.29) is 5.84 Å². The summed E-state index contributed by atoms with van der Waals surface area (Å²) in [5.41, 5.74) is 7.96. The third-order valence-electron chi connectivity index (χ3n) is 2.57. The first-order chi connectivity index (χ1) is 9.20. The smallest absolute Gasteiger partial charge is 0.189 e. The molecule has 0 aliphatic rings. The van der Waals surface area contributed by atoms with Crippen molar-refractivity contribution in [2.75, 3.05) is 5.32 Å². The van der Waals surface area contributed by atoms with E-state index in [0.29, 0.717) is 12.2 Å². The van der Waals surface area contributed by atoms with E-state index in [9.17, 15) is 0 Å². The lowest BCUT2D eigenvalue weighted by Gasteiger charge is -2.09. The van der Waals surface area contributed by atoms with Gasteiger partial charge in [-0.15, -0.1) is 0 Å². The van der Waals surface area contributed by atoms with E-state index in [4.69, 9.17) is 10.9 Å². The van der Waals surface area contributed by atoms with Gasteiger partial charge in [0.05, 0.1) is 0 Å². The number of benzene rings is 1. The molecule has 0 bridgehead atoms. The fraction of sp³-hybridized carbons (Fsp3) is 0.0769. The summed E-state index contributed by atoms with van der Waals surface area (Å²) in [5.74, 6) is 0.0139. The summed E-state index contributed by atoms with van der Waals surface area (Å²) < 4.78 is 1.18. The van der Waals surface area contributed by atoms with Gasteiger partial charge in [-0.2, -0.15) is 0 Å². The van der Waals surface area contributed by atoms with Gasteiger partial charge in [0, 0.05) is 27.6 Å². The van der Waals surface area contributed by atoms with Crippen LogP contribution in [0, 0.1) is 3.57 Å². The maximum atomic E-state index is 8.73. The van der Waals surface area contributed by atoms with Crippen LogP contribution in [0.25, 0.3) is 0 Å². The minimum absolute atomic E-state index is 0.0139. The van der Waals surface area contributed by atoms with Crippen molar-refractivity contribution in [1.29, 1.82) is 0 Å². The van der Waals surface area contributed by atoms with Gasteiger partial charge in [0.2, 0.25) is 0 Å². The SMILES string of the molecule is NC(=NO)c1ncccc1CNc1ccc(I)cc1. The van der Waals surface area contributed by atoms with Crippen LogP contribution in [0.3, 0.4) is 0 Å². The molecule has 98 valence electrons. The first kappa shape index (κ1) is 13.6. The quantitative estimate of drug-likeness (QED) is 0.254. The van der Waals surface area contributed by atoms with Crippen LogP contribution < -0.4 is 11.1 Å². The summed E-state index contributed by atoms with van der Waals surface area (Å²) in [4.78, 5) is 4.12. The monoisotopic (exact) mass is 368 g/mol. The van der Waals surface area contributed by atoms with Crippen LogP contribution in [-0.4, -0.2) is 16.0 Å². The minimum Gasteiger partial charge on any atom is -0.409 e. The van der Waals surface area contributed by atoms with Crippen molar-refractivity contribution in [3.05, 3.63) is 57.4 Å². The Balaban J connectivity index is 2.13. The van der Waals surface area contributed by atoms with E-state index in [1.807, 2.05) is 36.4 Å². The largest absolute Gasteiger partial charge is 0.409 e. The fourth-order valence-electron chi connectivity index (χ4n) is 1.62. The van der Waals surface area contributed by atoms with E-state index >= 15 is 0 Å². The van der Waals surface area contributed by atoms with Gasteiger partial charge in [-0.3, -0.25) is 4.98 Å². The van der Waals surface area contributed by atoms with Crippen LogP contribution in [0.1, 0.15) is 11.3 Å². The molecule has 0 fully saturated rings. The second-order valence-corrected chi connectivity index (χ2v) is 5.10. The molecular formula is C13H13IN4O. The van der Waals surface area contributed by atoms with E-state index in [1.165, 1.54) is 3.57 Å². The van der Waals surface area contributed by atoms with Gasteiger partial charge in [0.1, 0.15) is 5.69 Å². The van der Waals surface area contributed by atoms with Gasteiger partial charge in [-0.25, -0.2) is 0 Å². The number of pyridine rings is 1. The molecule has 1 heterocycles. The van der Waals surface area contributed by atoms with Gasteiger partial charge in [0.25, 0.3) is 0 Å². The van der Waals surface area contributed by atoms with Crippen LogP contribution >= 0.6 is 22.6 Å². The van der Waals surface area contributed by atoms with Crippen molar-refractivity contribution in [3.8, 4) is 0 Å². The lowest BCUT2D eigenvalue weighted by molar-refractivity contribution is 0.318. The van der Waals surface area contributed by atoms with Gasteiger partial charge in [0.15, 0.2) is 5.84 Å².